The second kappa shape index (κ2) is 23.0. The van der Waals surface area contributed by atoms with E-state index in [4.69, 9.17) is 14.8 Å². The molecule has 0 aromatic heterocycles. The third-order valence-corrected chi connectivity index (χ3v) is 13.0. The molecule has 0 amide bonds. The first kappa shape index (κ1) is 59.4. The van der Waals surface area contributed by atoms with Crippen LogP contribution in [0.25, 0.3) is 10.8 Å². The van der Waals surface area contributed by atoms with E-state index in [1.54, 1.807) is 0 Å². The molecule has 0 spiro atoms. The minimum absolute atomic E-state index is 0. The number of sulfone groups is 2. The Kier molecular flexibility index (Phi) is 22.8. The van der Waals surface area contributed by atoms with Gasteiger partial charge in [0.05, 0.1) is 57.0 Å². The van der Waals surface area contributed by atoms with Gasteiger partial charge in [-0.05, 0) is 66.0 Å². The summed E-state index contributed by atoms with van der Waals surface area (Å²) in [4.78, 5) is -2.93. The minimum atomic E-state index is -5.29. The van der Waals surface area contributed by atoms with Crippen LogP contribution in [0.15, 0.2) is 101 Å². The molecule has 0 aliphatic rings. The summed E-state index contributed by atoms with van der Waals surface area (Å²) in [5.41, 5.74) is 3.29. The maximum atomic E-state index is 12.5. The zero-order chi connectivity index (χ0) is 42.1. The predicted molar refractivity (Wildman–Crippen MR) is 219 cm³/mol. The van der Waals surface area contributed by atoms with Crippen LogP contribution in [0.4, 0.5) is 28.4 Å². The van der Waals surface area contributed by atoms with Gasteiger partial charge in [-0.1, -0.05) is 0 Å². The van der Waals surface area contributed by atoms with Gasteiger partial charge in [0.15, 0.2) is 25.4 Å². The van der Waals surface area contributed by atoms with Gasteiger partial charge in [-0.2, -0.15) is 43.9 Å². The quantitative estimate of drug-likeness (QED) is 0.0373. The Balaban J connectivity index is 0.00000870. The average Bonchev–Trinajstić information content (AvgIpc) is 3.05. The first-order valence-electron chi connectivity index (χ1n) is 14.4. The van der Waals surface area contributed by atoms with Gasteiger partial charge in [-0.3, -0.25) is 18.2 Å². The van der Waals surface area contributed by atoms with Crippen LogP contribution in [-0.4, -0.2) is 217 Å². The van der Waals surface area contributed by atoms with Crippen molar-refractivity contribution in [2.75, 3.05) is 30.5 Å². The standard InChI is InChI=1S/C26H25N5O19S6.4Na.4H/c27-23-22-15(13-20(53(37,38)39)24(23)30-28-16-1-5-18(6-2-16)51(33,34)11-9-49-55(43,44)45)14-21(54(40,41)42)25(26(22)32)31-29-17-3-7-19(8-4-17)52(35,36)12-10-50-56(46,47)48;;;;;;;;/h1-8,13-14,32H,9-12,27H2,(H,37,38,39)(H,40,41,42)(H,43,44,45)(H,46,47,48);;;;;;;;. The van der Waals surface area contributed by atoms with E-state index >= 15 is 0 Å². The molecule has 0 aliphatic carbocycles. The number of nitrogens with zero attached hydrogens (tertiary/aromatic N) is 4. The number of phenolic OH excluding ortho intramolecular Hbond substituents is 1. The molecule has 4 rings (SSSR count). The Bertz CT molecular complexity index is 2760. The van der Waals surface area contributed by atoms with Crippen LogP contribution in [0.2, 0.25) is 0 Å². The van der Waals surface area contributed by atoms with Gasteiger partial charge in [-0.15, -0.1) is 10.2 Å². The molecule has 60 heavy (non-hydrogen) atoms. The fraction of sp³-hybridized carbons (Fsp3) is 0.154. The Morgan fingerprint density at radius 3 is 1.18 bits per heavy atom. The molecule has 4 aromatic carbocycles. The molecule has 4 aromatic rings. The van der Waals surface area contributed by atoms with Crippen LogP contribution in [0.5, 0.6) is 5.75 Å². The van der Waals surface area contributed by atoms with Crippen molar-refractivity contribution in [3.8, 4) is 5.75 Å². The van der Waals surface area contributed by atoms with Crippen molar-refractivity contribution in [3.63, 3.8) is 0 Å². The van der Waals surface area contributed by atoms with Crippen molar-refractivity contribution >= 4 is 218 Å². The molecular weight excluding hydrogens is 971 g/mol. The number of anilines is 1. The van der Waals surface area contributed by atoms with Gasteiger partial charge in [-0.25, -0.2) is 25.2 Å². The van der Waals surface area contributed by atoms with Crippen LogP contribution in [-0.2, 0) is 69.1 Å². The van der Waals surface area contributed by atoms with E-state index in [-0.39, 0.29) is 139 Å². The summed E-state index contributed by atoms with van der Waals surface area (Å²) >= 11 is 0. The molecule has 0 saturated carbocycles. The van der Waals surface area contributed by atoms with E-state index in [9.17, 15) is 64.7 Å². The van der Waals surface area contributed by atoms with Gasteiger partial charge < -0.3 is 10.8 Å². The molecule has 0 bridgehead atoms. The summed E-state index contributed by atoms with van der Waals surface area (Å²) in [6.45, 7) is -1.83. The normalized spacial score (nSPS) is 12.7. The number of aromatic hydroxyl groups is 1. The second-order valence-corrected chi connectivity index (χ2v) is 20.0. The Morgan fingerprint density at radius 2 is 0.850 bits per heavy atom. The van der Waals surface area contributed by atoms with Crippen LogP contribution in [0.1, 0.15) is 0 Å². The van der Waals surface area contributed by atoms with Gasteiger partial charge in [0.2, 0.25) is 0 Å². The van der Waals surface area contributed by atoms with Gasteiger partial charge >= 0.3 is 139 Å². The summed E-state index contributed by atoms with van der Waals surface area (Å²) in [6.07, 6.45) is 0. The van der Waals surface area contributed by atoms with E-state index in [1.807, 2.05) is 0 Å². The van der Waals surface area contributed by atoms with Crippen molar-refractivity contribution in [3.05, 3.63) is 60.7 Å². The number of hydrogen-bond acceptors (Lipinski definition) is 20. The molecule has 0 fully saturated rings. The molecule has 34 heteroatoms. The summed E-state index contributed by atoms with van der Waals surface area (Å²) in [5, 5.41) is 25.0. The number of nitrogen functional groups attached to an aromatic ring is 1. The number of phenols is 1. The van der Waals surface area contributed by atoms with Crippen LogP contribution in [0.3, 0.4) is 0 Å². The second-order valence-electron chi connectivity index (χ2n) is 10.8. The van der Waals surface area contributed by atoms with Gasteiger partial charge in [0.25, 0.3) is 20.2 Å². The average molecular weight is 1000 g/mol. The van der Waals surface area contributed by atoms with E-state index < -0.39 is 129 Å². The van der Waals surface area contributed by atoms with Gasteiger partial charge in [0.1, 0.15) is 21.2 Å². The molecule has 0 unspecified atom stereocenters. The fourth-order valence-electron chi connectivity index (χ4n) is 4.49. The summed E-state index contributed by atoms with van der Waals surface area (Å²) in [7, 11) is -28.6. The van der Waals surface area contributed by atoms with E-state index in [0.29, 0.717) is 12.1 Å². The number of rotatable bonds is 16. The Labute approximate surface area is 431 Å². The van der Waals surface area contributed by atoms with Crippen molar-refractivity contribution in [1.82, 2.24) is 0 Å². The molecule has 312 valence electrons. The monoisotopic (exact) mass is 999 g/mol. The molecule has 7 N–H and O–H groups in total. The van der Waals surface area contributed by atoms with Crippen molar-refractivity contribution < 1.29 is 82.2 Å². The summed E-state index contributed by atoms with van der Waals surface area (Å²) in [6, 6.07) is 9.46. The molecule has 0 heterocycles. The van der Waals surface area contributed by atoms with Crippen LogP contribution < -0.4 is 5.73 Å². The first-order chi connectivity index (χ1) is 25.6. The number of azo groups is 2. The third kappa shape index (κ3) is 16.4. The van der Waals surface area contributed by atoms with Crippen LogP contribution in [0, 0.1) is 0 Å². The van der Waals surface area contributed by atoms with E-state index in [0.717, 1.165) is 48.5 Å². The number of nitrogens with two attached hydrogens (primary N) is 1. The van der Waals surface area contributed by atoms with Crippen LogP contribution >= 0.6 is 0 Å². The van der Waals surface area contributed by atoms with Gasteiger partial charge in [0, 0.05) is 0 Å². The molecule has 0 atom stereocenters. The summed E-state index contributed by atoms with van der Waals surface area (Å²) in [5.74, 6) is -2.85. The van der Waals surface area contributed by atoms with Crippen molar-refractivity contribution in [1.29, 1.82) is 0 Å². The zero-order valence-electron chi connectivity index (χ0n) is 27.4. The summed E-state index contributed by atoms with van der Waals surface area (Å²) < 4.78 is 187. The number of benzene rings is 4. The topological polar surface area (TPSA) is 400 Å². The number of hydrogen-bond donors (Lipinski definition) is 6. The molecule has 0 aliphatic heterocycles. The maximum absolute atomic E-state index is 12.5. The van der Waals surface area contributed by atoms with E-state index in [1.165, 1.54) is 0 Å². The zero-order valence-corrected chi connectivity index (χ0v) is 32.3. The third-order valence-electron chi connectivity index (χ3n) is 6.96. The predicted octanol–water partition coefficient (Wildman–Crippen LogP) is 0.0440. The molecule has 0 saturated heterocycles. The number of fused-ring (bicyclic) bond motifs is 1. The van der Waals surface area contributed by atoms with Crippen molar-refractivity contribution in [2.24, 2.45) is 20.5 Å². The molecule has 0 radical (unpaired) electrons. The Hall–Kier alpha value is -0.600. The van der Waals surface area contributed by atoms with Crippen molar-refractivity contribution in [2.45, 2.75) is 19.6 Å². The van der Waals surface area contributed by atoms with E-state index in [2.05, 4.69) is 28.8 Å². The molecule has 24 nitrogen and oxygen atoms in total. The molecular formula is C26H29N5Na4O19S6. The first-order valence-corrected chi connectivity index (χ1v) is 23.3. The SMILES string of the molecule is Nc1c(N=Nc2ccc(S(=O)(=O)CCOS(=O)(=O)O)cc2)c(S(=O)(=O)O)cc2cc(S(=O)(=O)O)c(N=Nc3ccc(S(=O)(=O)CCOS(=O)(=O)O)cc3)c(O)c12.[NaH].[NaH].[NaH].[NaH]. The Morgan fingerprint density at radius 1 is 0.517 bits per heavy atom. The fourth-order valence-corrected chi connectivity index (χ4v) is 8.80.